The number of rotatable bonds is 3. The van der Waals surface area contributed by atoms with Crippen LogP contribution in [0.1, 0.15) is 18.5 Å². The van der Waals surface area contributed by atoms with Gasteiger partial charge in [0.15, 0.2) is 0 Å². The van der Waals surface area contributed by atoms with E-state index in [-0.39, 0.29) is 30.7 Å². The fourth-order valence-electron chi connectivity index (χ4n) is 2.03. The lowest BCUT2D eigenvalue weighted by atomic mass is 10.2. The molecule has 0 saturated carbocycles. The van der Waals surface area contributed by atoms with Gasteiger partial charge in [0.2, 0.25) is 5.91 Å². The van der Waals surface area contributed by atoms with Gasteiger partial charge in [0, 0.05) is 37.9 Å². The molecule has 1 N–H and O–H groups in total. The van der Waals surface area contributed by atoms with Crippen LogP contribution in [-0.2, 0) is 11.2 Å². The van der Waals surface area contributed by atoms with E-state index < -0.39 is 0 Å². The van der Waals surface area contributed by atoms with Crippen molar-refractivity contribution in [1.29, 1.82) is 0 Å². The molecule has 2 heterocycles. The van der Waals surface area contributed by atoms with Crippen LogP contribution in [0.15, 0.2) is 24.4 Å². The predicted molar refractivity (Wildman–Crippen MR) is 81.1 cm³/mol. The van der Waals surface area contributed by atoms with E-state index in [2.05, 4.69) is 10.3 Å². The van der Waals surface area contributed by atoms with Crippen LogP contribution in [0.2, 0.25) is 0 Å². The molecule has 4 nitrogen and oxygen atoms in total. The van der Waals surface area contributed by atoms with Crippen molar-refractivity contribution in [2.45, 2.75) is 19.3 Å². The number of hydrogen-bond donors (Lipinski definition) is 1. The molecule has 1 aromatic rings. The van der Waals surface area contributed by atoms with Gasteiger partial charge in [-0.05, 0) is 31.5 Å². The second-order valence-electron chi connectivity index (χ2n) is 4.31. The Hall–Kier alpha value is -0.840. The molecule has 1 aromatic heterocycles. The summed E-state index contributed by atoms with van der Waals surface area (Å²) in [5, 5.41) is 3.30. The van der Waals surface area contributed by atoms with Gasteiger partial charge < -0.3 is 10.2 Å². The third-order valence-corrected chi connectivity index (χ3v) is 3.01. The zero-order valence-electron chi connectivity index (χ0n) is 10.9. The summed E-state index contributed by atoms with van der Waals surface area (Å²) >= 11 is 0. The van der Waals surface area contributed by atoms with Crippen LogP contribution in [0.25, 0.3) is 0 Å². The molecule has 1 fully saturated rings. The second-order valence-corrected chi connectivity index (χ2v) is 4.31. The number of aryl methyl sites for hydroxylation is 1. The molecular weight excluding hydrogens is 285 g/mol. The number of aromatic nitrogens is 1. The molecular formula is C13H21Cl2N3O. The van der Waals surface area contributed by atoms with Gasteiger partial charge in [0.25, 0.3) is 0 Å². The smallest absolute Gasteiger partial charge is 0.223 e. The summed E-state index contributed by atoms with van der Waals surface area (Å²) in [5.41, 5.74) is 0.994. The van der Waals surface area contributed by atoms with Gasteiger partial charge in [-0.1, -0.05) is 6.07 Å². The SMILES string of the molecule is Cl.Cl.O=C(CCc1ccccn1)N1CCCNCC1. The van der Waals surface area contributed by atoms with Gasteiger partial charge in [-0.2, -0.15) is 0 Å². The first-order valence-electron chi connectivity index (χ1n) is 6.24. The Morgan fingerprint density at radius 2 is 2.11 bits per heavy atom. The van der Waals surface area contributed by atoms with Crippen LogP contribution in [-0.4, -0.2) is 42.0 Å². The highest BCUT2D eigenvalue weighted by Gasteiger charge is 2.14. The lowest BCUT2D eigenvalue weighted by molar-refractivity contribution is -0.130. The number of halogens is 2. The van der Waals surface area contributed by atoms with Gasteiger partial charge in [-0.15, -0.1) is 24.8 Å². The van der Waals surface area contributed by atoms with E-state index in [1.807, 2.05) is 23.1 Å². The fraction of sp³-hybridized carbons (Fsp3) is 0.538. The van der Waals surface area contributed by atoms with Crippen LogP contribution in [0.5, 0.6) is 0 Å². The number of pyridine rings is 1. The molecule has 0 radical (unpaired) electrons. The first-order valence-corrected chi connectivity index (χ1v) is 6.24. The van der Waals surface area contributed by atoms with Crippen molar-refractivity contribution in [1.82, 2.24) is 15.2 Å². The highest BCUT2D eigenvalue weighted by atomic mass is 35.5. The van der Waals surface area contributed by atoms with Gasteiger partial charge >= 0.3 is 0 Å². The zero-order chi connectivity index (χ0) is 11.9. The summed E-state index contributed by atoms with van der Waals surface area (Å²) in [6.07, 6.45) is 4.13. The molecule has 1 aliphatic heterocycles. The normalized spacial score (nSPS) is 14.8. The highest BCUT2D eigenvalue weighted by molar-refractivity contribution is 5.85. The molecule has 0 bridgehead atoms. The maximum atomic E-state index is 12.0. The van der Waals surface area contributed by atoms with Crippen LogP contribution >= 0.6 is 24.8 Å². The highest BCUT2D eigenvalue weighted by Crippen LogP contribution is 2.03. The summed E-state index contributed by atoms with van der Waals surface area (Å²) < 4.78 is 0. The average molecular weight is 306 g/mol. The standard InChI is InChI=1S/C13H19N3O.2ClH/c17-13(16-10-3-7-14-9-11-16)6-5-12-4-1-2-8-15-12;;/h1-2,4,8,14H,3,5-7,9-11H2;2*1H. The molecule has 2 rings (SSSR count). The van der Waals surface area contributed by atoms with Crippen molar-refractivity contribution in [3.8, 4) is 0 Å². The zero-order valence-corrected chi connectivity index (χ0v) is 12.5. The summed E-state index contributed by atoms with van der Waals surface area (Å²) in [5.74, 6) is 0.249. The van der Waals surface area contributed by atoms with Crippen LogP contribution < -0.4 is 5.32 Å². The van der Waals surface area contributed by atoms with Crippen molar-refractivity contribution in [3.05, 3.63) is 30.1 Å². The summed E-state index contributed by atoms with van der Waals surface area (Å²) in [7, 11) is 0. The summed E-state index contributed by atoms with van der Waals surface area (Å²) in [6, 6.07) is 5.83. The van der Waals surface area contributed by atoms with Crippen LogP contribution in [0.3, 0.4) is 0 Å². The quantitative estimate of drug-likeness (QED) is 0.924. The molecule has 1 saturated heterocycles. The molecule has 0 atom stereocenters. The third-order valence-electron chi connectivity index (χ3n) is 3.01. The Morgan fingerprint density at radius 1 is 1.26 bits per heavy atom. The van der Waals surface area contributed by atoms with Crippen molar-refractivity contribution in [2.75, 3.05) is 26.2 Å². The van der Waals surface area contributed by atoms with Gasteiger partial charge in [0.05, 0.1) is 0 Å². The number of carbonyl (C=O) groups is 1. The number of carbonyl (C=O) groups excluding carboxylic acids is 1. The minimum atomic E-state index is 0. The van der Waals surface area contributed by atoms with E-state index in [4.69, 9.17) is 0 Å². The molecule has 6 heteroatoms. The van der Waals surface area contributed by atoms with E-state index in [1.165, 1.54) is 0 Å². The Labute approximate surface area is 126 Å². The maximum Gasteiger partial charge on any atom is 0.223 e. The molecule has 0 aromatic carbocycles. The Bertz CT molecular complexity index is 354. The van der Waals surface area contributed by atoms with Gasteiger partial charge in [0.1, 0.15) is 0 Å². The lowest BCUT2D eigenvalue weighted by Crippen LogP contribution is -2.34. The van der Waals surface area contributed by atoms with E-state index in [0.29, 0.717) is 6.42 Å². The first kappa shape index (κ1) is 18.2. The number of hydrogen-bond acceptors (Lipinski definition) is 3. The molecule has 0 aliphatic carbocycles. The van der Waals surface area contributed by atoms with Crippen LogP contribution in [0.4, 0.5) is 0 Å². The first-order chi connectivity index (χ1) is 8.36. The van der Waals surface area contributed by atoms with E-state index in [9.17, 15) is 4.79 Å². The number of nitrogens with zero attached hydrogens (tertiary/aromatic N) is 2. The topological polar surface area (TPSA) is 45.2 Å². The van der Waals surface area contributed by atoms with Gasteiger partial charge in [-0.3, -0.25) is 9.78 Å². The van der Waals surface area contributed by atoms with E-state index >= 15 is 0 Å². The average Bonchev–Trinajstić information content (AvgIpc) is 2.66. The molecule has 0 unspecified atom stereocenters. The Morgan fingerprint density at radius 3 is 2.84 bits per heavy atom. The minimum absolute atomic E-state index is 0. The van der Waals surface area contributed by atoms with Crippen molar-refractivity contribution in [3.63, 3.8) is 0 Å². The summed E-state index contributed by atoms with van der Waals surface area (Å²) in [4.78, 5) is 18.2. The van der Waals surface area contributed by atoms with Crippen molar-refractivity contribution in [2.24, 2.45) is 0 Å². The Kier molecular flexibility index (Phi) is 9.57. The van der Waals surface area contributed by atoms with E-state index in [0.717, 1.165) is 44.7 Å². The molecule has 1 amide bonds. The molecule has 19 heavy (non-hydrogen) atoms. The number of amides is 1. The second kappa shape index (κ2) is 10.0. The monoisotopic (exact) mass is 305 g/mol. The van der Waals surface area contributed by atoms with Gasteiger partial charge in [-0.25, -0.2) is 0 Å². The molecule has 0 spiro atoms. The molecule has 1 aliphatic rings. The largest absolute Gasteiger partial charge is 0.341 e. The van der Waals surface area contributed by atoms with E-state index in [1.54, 1.807) is 6.20 Å². The van der Waals surface area contributed by atoms with Crippen molar-refractivity contribution < 1.29 is 4.79 Å². The van der Waals surface area contributed by atoms with Crippen LogP contribution in [0, 0.1) is 0 Å². The third kappa shape index (κ3) is 6.23. The Balaban J connectivity index is 0.00000162. The minimum Gasteiger partial charge on any atom is -0.341 e. The van der Waals surface area contributed by atoms with Crippen molar-refractivity contribution >= 4 is 30.7 Å². The molecule has 108 valence electrons. The predicted octanol–water partition coefficient (Wildman–Crippen LogP) is 1.68. The summed E-state index contributed by atoms with van der Waals surface area (Å²) in [6.45, 7) is 3.65. The fourth-order valence-corrected chi connectivity index (χ4v) is 2.03. The lowest BCUT2D eigenvalue weighted by Gasteiger charge is -2.19. The number of nitrogens with one attached hydrogen (secondary N) is 1. The maximum absolute atomic E-state index is 12.0.